The Hall–Kier alpha value is -2.96. The van der Waals surface area contributed by atoms with E-state index >= 15 is 0 Å². The van der Waals surface area contributed by atoms with Gasteiger partial charge in [-0.05, 0) is 42.5 Å². The lowest BCUT2D eigenvalue weighted by atomic mass is 10.1. The Morgan fingerprint density at radius 3 is 2.48 bits per heavy atom. The van der Waals surface area contributed by atoms with Gasteiger partial charge in [0.1, 0.15) is 11.5 Å². The maximum atomic E-state index is 12.7. The van der Waals surface area contributed by atoms with E-state index in [1.807, 2.05) is 0 Å². The molecule has 2 aromatic carbocycles. The number of nitrogens with one attached hydrogen (secondary N) is 1. The van der Waals surface area contributed by atoms with Crippen LogP contribution in [0.1, 0.15) is 11.1 Å². The highest BCUT2D eigenvalue weighted by Gasteiger charge is 2.30. The Bertz CT molecular complexity index is 785. The van der Waals surface area contributed by atoms with Crippen molar-refractivity contribution in [1.29, 1.82) is 0 Å². The van der Waals surface area contributed by atoms with E-state index in [4.69, 9.17) is 9.47 Å². The monoisotopic (exact) mass is 351 g/mol. The van der Waals surface area contributed by atoms with Gasteiger partial charge in [-0.3, -0.25) is 4.79 Å². The molecule has 7 heteroatoms. The van der Waals surface area contributed by atoms with Crippen molar-refractivity contribution < 1.29 is 27.4 Å². The highest BCUT2D eigenvalue weighted by atomic mass is 19.4. The Labute approximate surface area is 142 Å². The second-order valence-electron chi connectivity index (χ2n) is 5.01. The topological polar surface area (TPSA) is 47.6 Å². The molecule has 0 heterocycles. The van der Waals surface area contributed by atoms with E-state index in [1.165, 1.54) is 38.5 Å². The lowest BCUT2D eigenvalue weighted by Gasteiger charge is -2.09. The Kier molecular flexibility index (Phi) is 5.69. The van der Waals surface area contributed by atoms with Crippen LogP contribution in [0.2, 0.25) is 0 Å². The fourth-order valence-corrected chi connectivity index (χ4v) is 2.09. The molecule has 2 aromatic rings. The van der Waals surface area contributed by atoms with Crippen molar-refractivity contribution in [3.63, 3.8) is 0 Å². The molecule has 0 saturated heterocycles. The van der Waals surface area contributed by atoms with Gasteiger partial charge in [-0.15, -0.1) is 0 Å². The summed E-state index contributed by atoms with van der Waals surface area (Å²) in [5.74, 6) is 0.548. The Morgan fingerprint density at radius 2 is 1.84 bits per heavy atom. The maximum absolute atomic E-state index is 12.7. The molecule has 25 heavy (non-hydrogen) atoms. The molecule has 0 fully saturated rings. The van der Waals surface area contributed by atoms with Crippen LogP contribution in [-0.4, -0.2) is 20.1 Å². The van der Waals surface area contributed by atoms with Gasteiger partial charge in [-0.25, -0.2) is 0 Å². The zero-order valence-electron chi connectivity index (χ0n) is 13.6. The van der Waals surface area contributed by atoms with Crippen molar-refractivity contribution in [2.45, 2.75) is 6.18 Å². The minimum absolute atomic E-state index is 0.0575. The van der Waals surface area contributed by atoms with E-state index < -0.39 is 17.6 Å². The van der Waals surface area contributed by atoms with Crippen molar-refractivity contribution in [2.75, 3.05) is 19.5 Å². The van der Waals surface area contributed by atoms with Gasteiger partial charge in [0.25, 0.3) is 0 Å². The van der Waals surface area contributed by atoms with Crippen LogP contribution < -0.4 is 14.8 Å². The van der Waals surface area contributed by atoms with Crippen LogP contribution in [0.3, 0.4) is 0 Å². The van der Waals surface area contributed by atoms with Gasteiger partial charge in [-0.2, -0.15) is 13.2 Å². The third-order valence-electron chi connectivity index (χ3n) is 3.31. The summed E-state index contributed by atoms with van der Waals surface area (Å²) in [6, 6.07) is 9.49. The number of ether oxygens (including phenoxy) is 2. The van der Waals surface area contributed by atoms with E-state index in [9.17, 15) is 18.0 Å². The summed E-state index contributed by atoms with van der Waals surface area (Å²) < 4.78 is 48.3. The second kappa shape index (κ2) is 7.74. The maximum Gasteiger partial charge on any atom is 0.416 e. The van der Waals surface area contributed by atoms with Crippen molar-refractivity contribution in [1.82, 2.24) is 0 Å². The molecular formula is C18H16F3NO3. The predicted molar refractivity (Wildman–Crippen MR) is 88.7 cm³/mol. The SMILES string of the molecule is COc1ccc(OC)c(/C=C/C(=O)Nc2cccc(C(F)(F)F)c2)c1. The lowest BCUT2D eigenvalue weighted by molar-refractivity contribution is -0.137. The fourth-order valence-electron chi connectivity index (χ4n) is 2.09. The molecule has 0 atom stereocenters. The summed E-state index contributed by atoms with van der Waals surface area (Å²) in [5, 5.41) is 2.39. The van der Waals surface area contributed by atoms with Crippen LogP contribution >= 0.6 is 0 Å². The molecule has 0 radical (unpaired) electrons. The molecule has 0 spiro atoms. The molecule has 132 valence electrons. The number of carbonyl (C=O) groups excluding carboxylic acids is 1. The number of amides is 1. The Balaban J connectivity index is 2.14. The van der Waals surface area contributed by atoms with Crippen LogP contribution in [0.5, 0.6) is 11.5 Å². The molecule has 0 aliphatic rings. The standard InChI is InChI=1S/C18H16F3NO3/c1-24-15-7-8-16(25-2)12(10-15)6-9-17(23)22-14-5-3-4-13(11-14)18(19,20)21/h3-11H,1-2H3,(H,22,23)/b9-6+. The van der Waals surface area contributed by atoms with Gasteiger partial charge < -0.3 is 14.8 Å². The first-order valence-corrected chi connectivity index (χ1v) is 7.22. The minimum Gasteiger partial charge on any atom is -0.497 e. The number of benzene rings is 2. The number of rotatable bonds is 5. The summed E-state index contributed by atoms with van der Waals surface area (Å²) >= 11 is 0. The fraction of sp³-hybridized carbons (Fsp3) is 0.167. The first-order valence-electron chi connectivity index (χ1n) is 7.22. The van der Waals surface area contributed by atoms with E-state index in [0.717, 1.165) is 12.1 Å². The van der Waals surface area contributed by atoms with Crippen LogP contribution in [-0.2, 0) is 11.0 Å². The summed E-state index contributed by atoms with van der Waals surface area (Å²) in [7, 11) is 3.00. The lowest BCUT2D eigenvalue weighted by Crippen LogP contribution is -2.10. The molecule has 0 aliphatic carbocycles. The number of hydrogen-bond acceptors (Lipinski definition) is 3. The zero-order valence-corrected chi connectivity index (χ0v) is 13.6. The smallest absolute Gasteiger partial charge is 0.416 e. The normalized spacial score (nSPS) is 11.4. The first-order chi connectivity index (χ1) is 11.8. The molecule has 2 rings (SSSR count). The molecule has 1 amide bonds. The van der Waals surface area contributed by atoms with Gasteiger partial charge in [0.05, 0.1) is 19.8 Å². The third-order valence-corrected chi connectivity index (χ3v) is 3.31. The second-order valence-corrected chi connectivity index (χ2v) is 5.01. The summed E-state index contributed by atoms with van der Waals surface area (Å²) in [5.41, 5.74) is -0.174. The molecule has 4 nitrogen and oxygen atoms in total. The molecule has 0 bridgehead atoms. The molecule has 0 aromatic heterocycles. The molecular weight excluding hydrogens is 335 g/mol. The molecule has 0 saturated carbocycles. The minimum atomic E-state index is -4.47. The first kappa shape index (κ1) is 18.4. The largest absolute Gasteiger partial charge is 0.497 e. The van der Waals surface area contributed by atoms with Crippen LogP contribution in [0.4, 0.5) is 18.9 Å². The predicted octanol–water partition coefficient (Wildman–Crippen LogP) is 4.37. The van der Waals surface area contributed by atoms with Crippen molar-refractivity contribution in [2.24, 2.45) is 0 Å². The third kappa shape index (κ3) is 5.00. The highest BCUT2D eigenvalue weighted by molar-refractivity contribution is 6.02. The van der Waals surface area contributed by atoms with Crippen LogP contribution in [0.25, 0.3) is 6.08 Å². The highest BCUT2D eigenvalue weighted by Crippen LogP contribution is 2.30. The van der Waals surface area contributed by atoms with Crippen molar-refractivity contribution in [3.8, 4) is 11.5 Å². The average molecular weight is 351 g/mol. The molecule has 0 unspecified atom stereocenters. The van der Waals surface area contributed by atoms with Gasteiger partial charge in [0.15, 0.2) is 0 Å². The summed E-state index contributed by atoms with van der Waals surface area (Å²) in [6.45, 7) is 0. The Morgan fingerprint density at radius 1 is 1.08 bits per heavy atom. The number of carbonyl (C=O) groups is 1. The van der Waals surface area contributed by atoms with E-state index in [0.29, 0.717) is 17.1 Å². The number of halogens is 3. The van der Waals surface area contributed by atoms with E-state index in [2.05, 4.69) is 5.32 Å². The van der Waals surface area contributed by atoms with Crippen LogP contribution in [0.15, 0.2) is 48.5 Å². The quantitative estimate of drug-likeness (QED) is 0.814. The summed E-state index contributed by atoms with van der Waals surface area (Å²) in [4.78, 5) is 11.9. The number of hydrogen-bond donors (Lipinski definition) is 1. The molecule has 0 aliphatic heterocycles. The van der Waals surface area contributed by atoms with Gasteiger partial charge >= 0.3 is 6.18 Å². The van der Waals surface area contributed by atoms with Crippen molar-refractivity contribution >= 4 is 17.7 Å². The zero-order chi connectivity index (χ0) is 18.4. The van der Waals surface area contributed by atoms with Gasteiger partial charge in [0, 0.05) is 17.3 Å². The van der Waals surface area contributed by atoms with E-state index in [1.54, 1.807) is 18.2 Å². The molecule has 1 N–H and O–H groups in total. The van der Waals surface area contributed by atoms with Crippen LogP contribution in [0, 0.1) is 0 Å². The number of methoxy groups -OCH3 is 2. The summed E-state index contributed by atoms with van der Waals surface area (Å²) in [6.07, 6.45) is -1.77. The number of anilines is 1. The van der Waals surface area contributed by atoms with E-state index in [-0.39, 0.29) is 5.69 Å². The van der Waals surface area contributed by atoms with Gasteiger partial charge in [0.2, 0.25) is 5.91 Å². The van der Waals surface area contributed by atoms with Gasteiger partial charge in [-0.1, -0.05) is 6.07 Å². The van der Waals surface area contributed by atoms with Crippen molar-refractivity contribution in [3.05, 3.63) is 59.7 Å². The average Bonchev–Trinajstić information content (AvgIpc) is 2.59. The number of alkyl halides is 3.